The molecule has 0 atom stereocenters. The van der Waals surface area contributed by atoms with Crippen LogP contribution in [0, 0.1) is 11.3 Å². The van der Waals surface area contributed by atoms with Gasteiger partial charge in [0.15, 0.2) is 0 Å². The van der Waals surface area contributed by atoms with E-state index in [2.05, 4.69) is 346 Å². The zero-order valence-electron chi connectivity index (χ0n) is 52.6. The molecule has 5 heterocycles. The van der Waals surface area contributed by atoms with Crippen LogP contribution in [-0.4, -0.2) is 18.3 Å². The molecule has 5 aromatic heterocycles. The maximum absolute atomic E-state index is 9.34. The van der Waals surface area contributed by atoms with Crippen molar-refractivity contribution < 1.29 is 0 Å². The van der Waals surface area contributed by atoms with E-state index in [1.54, 1.807) is 0 Å². The summed E-state index contributed by atoms with van der Waals surface area (Å²) in [4.78, 5) is 0. The number of benzene rings is 15. The van der Waals surface area contributed by atoms with Gasteiger partial charge in [-0.05, 0) is 178 Å². The first-order valence-electron chi connectivity index (χ1n) is 32.9. The van der Waals surface area contributed by atoms with Crippen molar-refractivity contribution in [2.45, 2.75) is 0 Å². The molecule has 0 N–H and O–H groups in total. The van der Waals surface area contributed by atoms with Crippen molar-refractivity contribution in [3.8, 4) is 73.3 Å². The minimum atomic E-state index is 0.661. The van der Waals surface area contributed by atoms with E-state index in [9.17, 15) is 5.26 Å². The topological polar surface area (TPSA) is 43.5 Å². The zero-order chi connectivity index (χ0) is 64.1. The molecule has 0 aliphatic heterocycles. The highest BCUT2D eigenvalue weighted by Gasteiger charge is 2.21. The molecule has 97 heavy (non-hydrogen) atoms. The lowest BCUT2D eigenvalue weighted by molar-refractivity contribution is 1.18. The number of hydrogen-bond acceptors (Lipinski definition) is 2. The van der Waals surface area contributed by atoms with E-state index in [-0.39, 0.29) is 0 Å². The highest BCUT2D eigenvalue weighted by atomic mass is 32.1. The van der Waals surface area contributed by atoms with Crippen molar-refractivity contribution >= 4 is 119 Å². The summed E-state index contributed by atoms with van der Waals surface area (Å²) in [5.74, 6) is 0. The number of nitrogens with zero attached hydrogens (tertiary/aromatic N) is 5. The first-order valence-corrected chi connectivity index (χ1v) is 33.8. The van der Waals surface area contributed by atoms with E-state index in [0.717, 1.165) is 28.1 Å². The third-order valence-corrected chi connectivity index (χ3v) is 20.9. The molecule has 20 aromatic rings. The van der Waals surface area contributed by atoms with Gasteiger partial charge in [0.2, 0.25) is 0 Å². The number of hydrogen-bond donors (Lipinski definition) is 0. The van der Waals surface area contributed by atoms with Crippen LogP contribution in [0.3, 0.4) is 0 Å². The third kappa shape index (κ3) is 9.20. The molecule has 15 aromatic carbocycles. The van der Waals surface area contributed by atoms with E-state index >= 15 is 0 Å². The Morgan fingerprint density at radius 1 is 0.216 bits per heavy atom. The average Bonchev–Trinajstić information content (AvgIpc) is 1.60. The molecule has 0 saturated carbocycles. The van der Waals surface area contributed by atoms with Crippen molar-refractivity contribution in [3.05, 3.63) is 351 Å². The molecule has 0 aliphatic rings. The quantitative estimate of drug-likeness (QED) is 0.150. The molecule has 0 amide bonds. The Bertz CT molecular complexity index is 6340. The molecule has 452 valence electrons. The van der Waals surface area contributed by atoms with Gasteiger partial charge in [0.1, 0.15) is 0 Å². The summed E-state index contributed by atoms with van der Waals surface area (Å²) in [6.45, 7) is 0. The molecule has 0 fully saturated rings. The molecular weight excluding hydrogens is 1200 g/mol. The number of thiophene rings is 1. The lowest BCUT2D eigenvalue weighted by atomic mass is 10.0. The van der Waals surface area contributed by atoms with Crippen LogP contribution < -0.4 is 0 Å². The van der Waals surface area contributed by atoms with Crippen molar-refractivity contribution in [2.24, 2.45) is 0 Å². The highest BCUT2D eigenvalue weighted by Crippen LogP contribution is 2.44. The molecule has 0 saturated heterocycles. The molecule has 0 spiro atoms. The minimum Gasteiger partial charge on any atom is -0.309 e. The molecule has 5 nitrogen and oxygen atoms in total. The van der Waals surface area contributed by atoms with Gasteiger partial charge in [0.05, 0.1) is 66.2 Å². The van der Waals surface area contributed by atoms with Gasteiger partial charge in [0, 0.05) is 75.6 Å². The number of fused-ring (bicyclic) bond motifs is 15. The van der Waals surface area contributed by atoms with Gasteiger partial charge in [-0.15, -0.1) is 11.3 Å². The summed E-state index contributed by atoms with van der Waals surface area (Å²) < 4.78 is 12.1. The number of rotatable bonds is 8. The second kappa shape index (κ2) is 22.8. The third-order valence-electron chi connectivity index (χ3n) is 19.7. The van der Waals surface area contributed by atoms with Gasteiger partial charge >= 0.3 is 0 Å². The second-order valence-electron chi connectivity index (χ2n) is 25.1. The maximum Gasteiger partial charge on any atom is 0.0991 e. The van der Waals surface area contributed by atoms with Crippen molar-refractivity contribution in [2.75, 3.05) is 0 Å². The SMILES string of the molecule is N#Cc1ccc(-n2c3ccccc3c3cc(-c4ccc5c(c4)c4ccccc4n5-c4cccc5c4sc4ccccc45)ccc32)cc1.c1ccc(-c2ccc(-n3c4ccccc4c4cc(-c5ccc6c(c5)c5ccccc5n6-c5ccc(-c6ccccc6)cc5)ccc43)cc2)cc1. The van der Waals surface area contributed by atoms with Gasteiger partial charge in [-0.2, -0.15) is 5.26 Å². The van der Waals surface area contributed by atoms with Gasteiger partial charge in [-0.3, -0.25) is 0 Å². The van der Waals surface area contributed by atoms with E-state index in [4.69, 9.17) is 0 Å². The van der Waals surface area contributed by atoms with Crippen molar-refractivity contribution in [1.82, 2.24) is 18.3 Å². The van der Waals surface area contributed by atoms with Crippen LogP contribution in [0.1, 0.15) is 5.56 Å². The summed E-state index contributed by atoms with van der Waals surface area (Å²) in [6.07, 6.45) is 0. The van der Waals surface area contributed by atoms with Gasteiger partial charge < -0.3 is 18.3 Å². The summed E-state index contributed by atoms with van der Waals surface area (Å²) >= 11 is 1.87. The first kappa shape index (κ1) is 55.8. The lowest BCUT2D eigenvalue weighted by Crippen LogP contribution is -1.94. The lowest BCUT2D eigenvalue weighted by Gasteiger charge is -2.11. The van der Waals surface area contributed by atoms with E-state index in [1.165, 1.54) is 147 Å². The van der Waals surface area contributed by atoms with Crippen LogP contribution in [0.2, 0.25) is 0 Å². The van der Waals surface area contributed by atoms with Crippen molar-refractivity contribution in [1.29, 1.82) is 5.26 Å². The van der Waals surface area contributed by atoms with E-state index in [0.29, 0.717) is 5.56 Å². The molecule has 6 heteroatoms. The summed E-state index contributed by atoms with van der Waals surface area (Å²) in [5, 5.41) is 21.9. The van der Waals surface area contributed by atoms with Gasteiger partial charge in [-0.1, -0.05) is 212 Å². The maximum atomic E-state index is 9.34. The molecule has 0 radical (unpaired) electrons. The van der Waals surface area contributed by atoms with E-state index in [1.807, 2.05) is 35.6 Å². The van der Waals surface area contributed by atoms with Crippen LogP contribution >= 0.6 is 11.3 Å². The smallest absolute Gasteiger partial charge is 0.0991 e. The predicted octanol–water partition coefficient (Wildman–Crippen LogP) is 24.7. The normalized spacial score (nSPS) is 11.7. The Morgan fingerprint density at radius 3 is 0.918 bits per heavy atom. The van der Waals surface area contributed by atoms with Crippen LogP contribution in [0.15, 0.2) is 346 Å². The first-order chi connectivity index (χ1) is 48.1. The standard InChI is InChI=1S/C48H32N2.C43H25N3S/c1-3-11-33(12-4-1)35-19-25-39(26-20-35)49-45-17-9-7-15-41(45)43-31-37(23-29-47(43)49)38-24-30-48-44(32-38)42-16-8-10-18-46(42)50(48)40-27-21-36(22-28-40)34-13-5-2-6-14-34;44-26-27-16-20-30(21-17-27)45-37-12-4-1-8-31(37)35-24-28(18-22-39(35)45)29-19-23-40-36(25-29)32-9-2-5-13-38(32)46(40)41-14-7-11-34-33-10-3-6-15-42(33)47-43(34)41/h1-32H;1-25H. The van der Waals surface area contributed by atoms with Gasteiger partial charge in [0.25, 0.3) is 0 Å². The molecular formula is C91H57N5S. The monoisotopic (exact) mass is 1250 g/mol. The van der Waals surface area contributed by atoms with Crippen LogP contribution in [-0.2, 0) is 0 Å². The number of nitriles is 1. The average molecular weight is 1250 g/mol. The predicted molar refractivity (Wildman–Crippen MR) is 410 cm³/mol. The van der Waals surface area contributed by atoms with Gasteiger partial charge in [-0.25, -0.2) is 0 Å². The highest BCUT2D eigenvalue weighted by molar-refractivity contribution is 7.26. The number of para-hydroxylation sites is 4. The molecule has 20 rings (SSSR count). The summed E-state index contributed by atoms with van der Waals surface area (Å²) in [5.41, 5.74) is 24.5. The van der Waals surface area contributed by atoms with Crippen LogP contribution in [0.25, 0.3) is 175 Å². The minimum absolute atomic E-state index is 0.661. The van der Waals surface area contributed by atoms with Crippen LogP contribution in [0.5, 0.6) is 0 Å². The Kier molecular flexibility index (Phi) is 13.1. The fourth-order valence-corrected chi connectivity index (χ4v) is 16.4. The molecule has 0 bridgehead atoms. The molecule has 0 unspecified atom stereocenters. The fourth-order valence-electron chi connectivity index (χ4n) is 15.2. The van der Waals surface area contributed by atoms with Crippen LogP contribution in [0.4, 0.5) is 0 Å². The second-order valence-corrected chi connectivity index (χ2v) is 26.1. The summed E-state index contributed by atoms with van der Waals surface area (Å²) in [6, 6.07) is 127. The molecule has 0 aliphatic carbocycles. The fraction of sp³-hybridized carbons (Fsp3) is 0. The summed E-state index contributed by atoms with van der Waals surface area (Å²) in [7, 11) is 0. The Morgan fingerprint density at radius 2 is 0.515 bits per heavy atom. The van der Waals surface area contributed by atoms with Crippen molar-refractivity contribution in [3.63, 3.8) is 0 Å². The number of aromatic nitrogens is 4. The zero-order valence-corrected chi connectivity index (χ0v) is 53.4. The van der Waals surface area contributed by atoms with E-state index < -0.39 is 0 Å². The Labute approximate surface area is 563 Å². The Balaban J connectivity index is 0.000000137. The Hall–Kier alpha value is -12.8. The largest absolute Gasteiger partial charge is 0.309 e.